The first kappa shape index (κ1) is 22.4. The number of amides is 3. The van der Waals surface area contributed by atoms with E-state index >= 15 is 0 Å². The Morgan fingerprint density at radius 2 is 1.77 bits per heavy atom. The third-order valence-electron chi connectivity index (χ3n) is 5.09. The molecule has 0 N–H and O–H groups in total. The van der Waals surface area contributed by atoms with Crippen molar-refractivity contribution < 1.29 is 23.9 Å². The molecule has 7 nitrogen and oxygen atoms in total. The summed E-state index contributed by atoms with van der Waals surface area (Å²) in [6.45, 7) is 1.85. The summed E-state index contributed by atoms with van der Waals surface area (Å²) < 4.78 is 11.5. The normalized spacial score (nSPS) is 16.4. The molecule has 3 rings (SSSR count). The van der Waals surface area contributed by atoms with Gasteiger partial charge in [-0.15, -0.1) is 0 Å². The van der Waals surface area contributed by atoms with Crippen molar-refractivity contribution in [1.29, 1.82) is 0 Å². The summed E-state index contributed by atoms with van der Waals surface area (Å²) in [7, 11) is 2.92. The van der Waals surface area contributed by atoms with E-state index in [1.165, 1.54) is 19.1 Å². The van der Waals surface area contributed by atoms with Crippen molar-refractivity contribution in [3.8, 4) is 0 Å². The minimum absolute atomic E-state index is 0.0182. The Balaban J connectivity index is 1.96. The van der Waals surface area contributed by atoms with Crippen LogP contribution >= 0.6 is 22.6 Å². The van der Waals surface area contributed by atoms with E-state index in [9.17, 15) is 14.4 Å². The van der Waals surface area contributed by atoms with Crippen LogP contribution in [-0.2, 0) is 19.1 Å². The molecular weight excluding hydrogens is 499 g/mol. The molecule has 3 amide bonds. The van der Waals surface area contributed by atoms with E-state index < -0.39 is 18.2 Å². The van der Waals surface area contributed by atoms with E-state index in [-0.39, 0.29) is 24.8 Å². The van der Waals surface area contributed by atoms with Gasteiger partial charge in [-0.05, 0) is 65.4 Å². The summed E-state index contributed by atoms with van der Waals surface area (Å²) in [6, 6.07) is 13.3. The Hall–Kier alpha value is -2.30. The first-order chi connectivity index (χ1) is 14.4. The second-order valence-corrected chi connectivity index (χ2v) is 8.18. The van der Waals surface area contributed by atoms with Crippen LogP contribution in [-0.4, -0.2) is 55.7 Å². The standard InChI is InChI=1S/C22H23IN2O5/c1-14-6-4-5-7-17(14)21(27)24(13-20(29-2)30-3)18-12-19(26)25(22(18)28)16-10-8-15(23)9-11-16/h4-11,18,20H,12-13H2,1-3H3. The first-order valence-corrected chi connectivity index (χ1v) is 10.5. The monoisotopic (exact) mass is 522 g/mol. The molecule has 1 saturated heterocycles. The largest absolute Gasteiger partial charge is 0.354 e. The van der Waals surface area contributed by atoms with Gasteiger partial charge in [0, 0.05) is 23.4 Å². The Morgan fingerprint density at radius 1 is 1.13 bits per heavy atom. The lowest BCUT2D eigenvalue weighted by Gasteiger charge is -2.30. The number of imide groups is 1. The molecular formula is C22H23IN2O5. The van der Waals surface area contributed by atoms with Gasteiger partial charge in [-0.1, -0.05) is 18.2 Å². The molecule has 1 aliphatic rings. The summed E-state index contributed by atoms with van der Waals surface area (Å²) in [5.41, 5.74) is 1.74. The van der Waals surface area contributed by atoms with Gasteiger partial charge in [-0.2, -0.15) is 0 Å². The van der Waals surface area contributed by atoms with E-state index in [0.29, 0.717) is 11.3 Å². The Bertz CT molecular complexity index is 943. The van der Waals surface area contributed by atoms with Crippen LogP contribution in [0.3, 0.4) is 0 Å². The van der Waals surface area contributed by atoms with Crippen LogP contribution in [0.1, 0.15) is 22.3 Å². The fourth-order valence-electron chi connectivity index (χ4n) is 3.45. The molecule has 158 valence electrons. The van der Waals surface area contributed by atoms with Crippen molar-refractivity contribution >= 4 is 46.0 Å². The molecule has 0 saturated carbocycles. The van der Waals surface area contributed by atoms with Crippen molar-refractivity contribution in [3.63, 3.8) is 0 Å². The minimum atomic E-state index is -0.934. The number of halogens is 1. The highest BCUT2D eigenvalue weighted by Crippen LogP contribution is 2.28. The summed E-state index contributed by atoms with van der Waals surface area (Å²) >= 11 is 2.16. The third-order valence-corrected chi connectivity index (χ3v) is 5.81. The number of hydrogen-bond donors (Lipinski definition) is 0. The topological polar surface area (TPSA) is 76.2 Å². The number of aryl methyl sites for hydroxylation is 1. The number of methoxy groups -OCH3 is 2. The van der Waals surface area contributed by atoms with Gasteiger partial charge in [-0.25, -0.2) is 4.90 Å². The van der Waals surface area contributed by atoms with Crippen LogP contribution in [0.25, 0.3) is 0 Å². The second kappa shape index (κ2) is 9.67. The van der Waals surface area contributed by atoms with Crippen LogP contribution in [0.15, 0.2) is 48.5 Å². The van der Waals surface area contributed by atoms with Crippen molar-refractivity contribution in [2.24, 2.45) is 0 Å². The molecule has 0 bridgehead atoms. The fraction of sp³-hybridized carbons (Fsp3) is 0.318. The number of hydrogen-bond acceptors (Lipinski definition) is 5. The first-order valence-electron chi connectivity index (χ1n) is 9.42. The van der Waals surface area contributed by atoms with Crippen molar-refractivity contribution in [1.82, 2.24) is 4.90 Å². The molecule has 0 radical (unpaired) electrons. The maximum atomic E-state index is 13.4. The second-order valence-electron chi connectivity index (χ2n) is 6.94. The number of rotatable bonds is 7. The Kier molecular flexibility index (Phi) is 7.22. The average molecular weight is 522 g/mol. The smallest absolute Gasteiger partial charge is 0.257 e. The van der Waals surface area contributed by atoms with E-state index in [4.69, 9.17) is 9.47 Å². The van der Waals surface area contributed by atoms with E-state index in [0.717, 1.165) is 14.0 Å². The van der Waals surface area contributed by atoms with Gasteiger partial charge in [0.05, 0.1) is 18.7 Å². The number of benzene rings is 2. The maximum Gasteiger partial charge on any atom is 0.257 e. The number of anilines is 1. The Labute approximate surface area is 189 Å². The van der Waals surface area contributed by atoms with E-state index in [2.05, 4.69) is 22.6 Å². The van der Waals surface area contributed by atoms with Gasteiger partial charge in [0.25, 0.3) is 11.8 Å². The van der Waals surface area contributed by atoms with Gasteiger partial charge in [0.15, 0.2) is 6.29 Å². The summed E-state index contributed by atoms with van der Waals surface area (Å²) in [5, 5.41) is 0. The molecule has 30 heavy (non-hydrogen) atoms. The van der Waals surface area contributed by atoms with Crippen molar-refractivity contribution in [3.05, 3.63) is 63.2 Å². The van der Waals surface area contributed by atoms with Gasteiger partial charge < -0.3 is 14.4 Å². The van der Waals surface area contributed by atoms with Crippen molar-refractivity contribution in [2.75, 3.05) is 25.7 Å². The molecule has 1 unspecified atom stereocenters. The van der Waals surface area contributed by atoms with Crippen molar-refractivity contribution in [2.45, 2.75) is 25.7 Å². The predicted molar refractivity (Wildman–Crippen MR) is 120 cm³/mol. The Morgan fingerprint density at radius 3 is 2.37 bits per heavy atom. The zero-order chi connectivity index (χ0) is 21.8. The number of carbonyl (C=O) groups is 3. The predicted octanol–water partition coefficient (Wildman–Crippen LogP) is 2.99. The zero-order valence-electron chi connectivity index (χ0n) is 17.0. The van der Waals surface area contributed by atoms with Crippen LogP contribution in [0.2, 0.25) is 0 Å². The van der Waals surface area contributed by atoms with Crippen LogP contribution in [0, 0.1) is 10.5 Å². The summed E-state index contributed by atoms with van der Waals surface area (Å²) in [6.07, 6.45) is -0.823. The molecule has 1 fully saturated rings. The summed E-state index contributed by atoms with van der Waals surface area (Å²) in [5.74, 6) is -1.13. The number of ether oxygens (including phenoxy) is 2. The fourth-order valence-corrected chi connectivity index (χ4v) is 3.81. The highest BCUT2D eigenvalue weighted by Gasteiger charge is 2.45. The number of carbonyl (C=O) groups excluding carboxylic acids is 3. The van der Waals surface area contributed by atoms with Crippen LogP contribution < -0.4 is 4.90 Å². The highest BCUT2D eigenvalue weighted by molar-refractivity contribution is 14.1. The minimum Gasteiger partial charge on any atom is -0.354 e. The lowest BCUT2D eigenvalue weighted by molar-refractivity contribution is -0.128. The van der Waals surface area contributed by atoms with Gasteiger partial charge in [0.1, 0.15) is 6.04 Å². The van der Waals surface area contributed by atoms with Gasteiger partial charge in [0.2, 0.25) is 5.91 Å². The average Bonchev–Trinajstić information content (AvgIpc) is 3.03. The molecule has 1 aliphatic heterocycles. The SMILES string of the molecule is COC(CN(C(=O)c1ccccc1C)C1CC(=O)N(c2ccc(I)cc2)C1=O)OC. The molecule has 2 aromatic carbocycles. The van der Waals surface area contributed by atoms with Gasteiger partial charge >= 0.3 is 0 Å². The maximum absolute atomic E-state index is 13.4. The molecule has 0 aliphatic carbocycles. The molecule has 0 aromatic heterocycles. The number of nitrogens with zero attached hydrogens (tertiary/aromatic N) is 2. The quantitative estimate of drug-likeness (QED) is 0.318. The molecule has 0 spiro atoms. The van der Waals surface area contributed by atoms with Gasteiger partial charge in [-0.3, -0.25) is 14.4 Å². The molecule has 8 heteroatoms. The summed E-state index contributed by atoms with van der Waals surface area (Å²) in [4.78, 5) is 41.9. The van der Waals surface area contributed by atoms with E-state index in [1.807, 2.05) is 31.2 Å². The molecule has 1 heterocycles. The van der Waals surface area contributed by atoms with Crippen LogP contribution in [0.4, 0.5) is 5.69 Å². The molecule has 2 aromatic rings. The molecule has 1 atom stereocenters. The lowest BCUT2D eigenvalue weighted by atomic mass is 10.1. The lowest BCUT2D eigenvalue weighted by Crippen LogP contribution is -2.49. The zero-order valence-corrected chi connectivity index (χ0v) is 19.2. The highest BCUT2D eigenvalue weighted by atomic mass is 127. The van der Waals surface area contributed by atoms with Crippen LogP contribution in [0.5, 0.6) is 0 Å². The van der Waals surface area contributed by atoms with E-state index in [1.54, 1.807) is 24.3 Å². The third kappa shape index (κ3) is 4.55.